The average molecular weight is 336 g/mol. The molecule has 25 heavy (non-hydrogen) atoms. The number of rotatable bonds is 3. The monoisotopic (exact) mass is 336 g/mol. The van der Waals surface area contributed by atoms with E-state index in [2.05, 4.69) is 15.1 Å². The van der Waals surface area contributed by atoms with Crippen LogP contribution in [0.4, 0.5) is 0 Å². The normalized spacial score (nSPS) is 17.8. The van der Waals surface area contributed by atoms with Gasteiger partial charge in [0, 0.05) is 36.7 Å². The van der Waals surface area contributed by atoms with Crippen LogP contribution in [0.1, 0.15) is 38.0 Å². The highest BCUT2D eigenvalue weighted by molar-refractivity contribution is 5.92. The topological polar surface area (TPSA) is 72.1 Å². The summed E-state index contributed by atoms with van der Waals surface area (Å²) >= 11 is 0. The molecular weight excluding hydrogens is 316 g/mol. The molecule has 1 amide bonds. The van der Waals surface area contributed by atoms with E-state index in [1.54, 1.807) is 6.20 Å². The number of aromatic nitrogens is 3. The van der Waals surface area contributed by atoms with Gasteiger partial charge in [-0.15, -0.1) is 0 Å². The molecule has 1 saturated heterocycles. The zero-order valence-electron chi connectivity index (χ0n) is 14.2. The van der Waals surface area contributed by atoms with Gasteiger partial charge in [0.05, 0.1) is 11.4 Å². The maximum atomic E-state index is 12.0. The molecular formula is C19H20N4O2. The first kappa shape index (κ1) is 15.7. The minimum absolute atomic E-state index is 0.110. The second-order valence-corrected chi connectivity index (χ2v) is 6.36. The van der Waals surface area contributed by atoms with E-state index in [-0.39, 0.29) is 11.8 Å². The number of fused-ring (bicyclic) bond motifs is 1. The summed E-state index contributed by atoms with van der Waals surface area (Å²) in [6.07, 6.45) is 4.23. The minimum atomic E-state index is 0.110. The zero-order chi connectivity index (χ0) is 17.2. The Labute approximate surface area is 145 Å². The van der Waals surface area contributed by atoms with E-state index in [1.807, 2.05) is 42.2 Å². The van der Waals surface area contributed by atoms with Crippen molar-refractivity contribution in [2.45, 2.75) is 32.1 Å². The van der Waals surface area contributed by atoms with Gasteiger partial charge in [0.25, 0.3) is 0 Å². The SMILES string of the molecule is CCC(=O)N1CCCC(c2nc(-c3cccc4ncccc34)no2)C1. The smallest absolute Gasteiger partial charge is 0.231 e. The first-order chi connectivity index (χ1) is 12.3. The van der Waals surface area contributed by atoms with E-state index in [4.69, 9.17) is 4.52 Å². The number of nitrogens with zero attached hydrogens (tertiary/aromatic N) is 4. The van der Waals surface area contributed by atoms with Crippen LogP contribution in [-0.2, 0) is 4.79 Å². The molecule has 1 aliphatic rings. The number of hydrogen-bond acceptors (Lipinski definition) is 5. The molecule has 6 nitrogen and oxygen atoms in total. The summed E-state index contributed by atoms with van der Waals surface area (Å²) in [5, 5.41) is 5.19. The van der Waals surface area contributed by atoms with E-state index in [0.717, 1.165) is 35.9 Å². The Morgan fingerprint density at radius 3 is 3.12 bits per heavy atom. The van der Waals surface area contributed by atoms with Gasteiger partial charge in [-0.2, -0.15) is 4.98 Å². The lowest BCUT2D eigenvalue weighted by Gasteiger charge is -2.30. The maximum absolute atomic E-state index is 12.0. The number of benzene rings is 1. The van der Waals surface area contributed by atoms with E-state index in [1.165, 1.54) is 0 Å². The van der Waals surface area contributed by atoms with Crippen LogP contribution in [0.2, 0.25) is 0 Å². The summed E-state index contributed by atoms with van der Waals surface area (Å²) in [5.41, 5.74) is 1.82. The van der Waals surface area contributed by atoms with Gasteiger partial charge in [-0.3, -0.25) is 9.78 Å². The first-order valence-electron chi connectivity index (χ1n) is 8.71. The number of carbonyl (C=O) groups excluding carboxylic acids is 1. The highest BCUT2D eigenvalue weighted by atomic mass is 16.5. The second-order valence-electron chi connectivity index (χ2n) is 6.36. The molecule has 6 heteroatoms. The standard InChI is InChI=1S/C19H20N4O2/c1-2-17(24)23-11-5-6-13(12-23)19-21-18(22-25-19)15-7-3-9-16-14(15)8-4-10-20-16/h3-4,7-10,13H,2,5-6,11-12H2,1H3. The number of hydrogen-bond donors (Lipinski definition) is 0. The maximum Gasteiger partial charge on any atom is 0.231 e. The van der Waals surface area contributed by atoms with Gasteiger partial charge in [-0.05, 0) is 25.0 Å². The lowest BCUT2D eigenvalue weighted by Crippen LogP contribution is -2.38. The Hall–Kier alpha value is -2.76. The lowest BCUT2D eigenvalue weighted by molar-refractivity contribution is -0.132. The molecule has 3 aromatic rings. The molecule has 1 aliphatic heterocycles. The summed E-state index contributed by atoms with van der Waals surface area (Å²) < 4.78 is 5.55. The van der Waals surface area contributed by atoms with Crippen LogP contribution >= 0.6 is 0 Å². The van der Waals surface area contributed by atoms with Crippen molar-refractivity contribution >= 4 is 16.8 Å². The molecule has 1 atom stereocenters. The van der Waals surface area contributed by atoms with Crippen LogP contribution in [0.5, 0.6) is 0 Å². The third-order valence-corrected chi connectivity index (χ3v) is 4.75. The number of amides is 1. The number of carbonyl (C=O) groups is 1. The third-order valence-electron chi connectivity index (χ3n) is 4.75. The Morgan fingerprint density at radius 2 is 2.24 bits per heavy atom. The molecule has 0 saturated carbocycles. The van der Waals surface area contributed by atoms with Crippen LogP contribution in [0.25, 0.3) is 22.3 Å². The molecule has 0 bridgehead atoms. The number of pyridine rings is 1. The van der Waals surface area contributed by atoms with Crippen molar-refractivity contribution < 1.29 is 9.32 Å². The van der Waals surface area contributed by atoms with Gasteiger partial charge < -0.3 is 9.42 Å². The Morgan fingerprint density at radius 1 is 1.32 bits per heavy atom. The lowest BCUT2D eigenvalue weighted by atomic mass is 9.97. The van der Waals surface area contributed by atoms with Crippen molar-refractivity contribution in [3.8, 4) is 11.4 Å². The van der Waals surface area contributed by atoms with Gasteiger partial charge in [0.15, 0.2) is 0 Å². The van der Waals surface area contributed by atoms with Gasteiger partial charge in [-0.25, -0.2) is 0 Å². The Balaban J connectivity index is 1.63. The third kappa shape index (κ3) is 2.99. The molecule has 0 N–H and O–H groups in total. The van der Waals surface area contributed by atoms with Gasteiger partial charge >= 0.3 is 0 Å². The summed E-state index contributed by atoms with van der Waals surface area (Å²) in [5.74, 6) is 1.49. The van der Waals surface area contributed by atoms with Gasteiger partial charge in [-0.1, -0.05) is 30.3 Å². The Kier molecular flexibility index (Phi) is 4.17. The summed E-state index contributed by atoms with van der Waals surface area (Å²) in [7, 11) is 0. The fraction of sp³-hybridized carbons (Fsp3) is 0.368. The molecule has 4 rings (SSSR count). The highest BCUT2D eigenvalue weighted by Gasteiger charge is 2.28. The molecule has 0 spiro atoms. The molecule has 2 aromatic heterocycles. The molecule has 3 heterocycles. The predicted octanol–water partition coefficient (Wildman–Crippen LogP) is 3.40. The number of piperidine rings is 1. The van der Waals surface area contributed by atoms with Gasteiger partial charge in [0.1, 0.15) is 0 Å². The summed E-state index contributed by atoms with van der Waals surface area (Å²) in [6, 6.07) is 9.81. The van der Waals surface area contributed by atoms with Crippen LogP contribution in [0.15, 0.2) is 41.1 Å². The Bertz CT molecular complexity index is 900. The van der Waals surface area contributed by atoms with Gasteiger partial charge in [0.2, 0.25) is 17.6 Å². The highest BCUT2D eigenvalue weighted by Crippen LogP contribution is 2.30. The van der Waals surface area contributed by atoms with Crippen LogP contribution in [0.3, 0.4) is 0 Å². The molecule has 0 radical (unpaired) electrons. The van der Waals surface area contributed by atoms with Crippen LogP contribution in [-0.4, -0.2) is 39.0 Å². The molecule has 0 aliphatic carbocycles. The van der Waals surface area contributed by atoms with Crippen molar-refractivity contribution in [3.63, 3.8) is 0 Å². The van der Waals surface area contributed by atoms with E-state index >= 15 is 0 Å². The molecule has 1 fully saturated rings. The van der Waals surface area contributed by atoms with Crippen molar-refractivity contribution in [1.82, 2.24) is 20.0 Å². The van der Waals surface area contributed by atoms with Crippen molar-refractivity contribution in [2.75, 3.05) is 13.1 Å². The summed E-state index contributed by atoms with van der Waals surface area (Å²) in [6.45, 7) is 3.37. The van der Waals surface area contributed by atoms with E-state index in [0.29, 0.717) is 24.7 Å². The van der Waals surface area contributed by atoms with Crippen molar-refractivity contribution in [3.05, 3.63) is 42.4 Å². The summed E-state index contributed by atoms with van der Waals surface area (Å²) in [4.78, 5) is 22.9. The average Bonchev–Trinajstić information content (AvgIpc) is 3.17. The largest absolute Gasteiger partial charge is 0.342 e. The predicted molar refractivity (Wildman–Crippen MR) is 93.9 cm³/mol. The minimum Gasteiger partial charge on any atom is -0.342 e. The van der Waals surface area contributed by atoms with Crippen LogP contribution in [0, 0.1) is 0 Å². The zero-order valence-corrected chi connectivity index (χ0v) is 14.2. The van der Waals surface area contributed by atoms with Crippen molar-refractivity contribution in [1.29, 1.82) is 0 Å². The fourth-order valence-corrected chi connectivity index (χ4v) is 3.44. The quantitative estimate of drug-likeness (QED) is 0.733. The fourth-order valence-electron chi connectivity index (χ4n) is 3.44. The van der Waals surface area contributed by atoms with Crippen LogP contribution < -0.4 is 0 Å². The van der Waals surface area contributed by atoms with E-state index in [9.17, 15) is 4.79 Å². The molecule has 1 unspecified atom stereocenters. The number of likely N-dealkylation sites (tertiary alicyclic amines) is 1. The first-order valence-corrected chi connectivity index (χ1v) is 8.71. The van der Waals surface area contributed by atoms with Crippen molar-refractivity contribution in [2.24, 2.45) is 0 Å². The molecule has 128 valence electrons. The molecule has 1 aromatic carbocycles. The second kappa shape index (κ2) is 6.63. The van der Waals surface area contributed by atoms with E-state index < -0.39 is 0 Å².